The van der Waals surface area contributed by atoms with E-state index in [2.05, 4.69) is 22.2 Å². The van der Waals surface area contributed by atoms with Crippen molar-refractivity contribution < 1.29 is 14.7 Å². The van der Waals surface area contributed by atoms with E-state index in [4.69, 9.17) is 5.73 Å². The molecular formula is C21H24N4O3. The van der Waals surface area contributed by atoms with Crippen LogP contribution in [0.5, 0.6) is 0 Å². The smallest absolute Gasteiger partial charge is 0.196 e. The Labute approximate surface area is 163 Å². The van der Waals surface area contributed by atoms with E-state index in [0.717, 1.165) is 31.9 Å². The highest BCUT2D eigenvalue weighted by atomic mass is 16.3. The molecule has 1 aliphatic carbocycles. The van der Waals surface area contributed by atoms with E-state index in [1.54, 1.807) is 24.3 Å². The fraction of sp³-hybridized carbons (Fsp3) is 0.333. The van der Waals surface area contributed by atoms with Crippen LogP contribution < -0.4 is 16.0 Å². The molecule has 0 radical (unpaired) electrons. The second-order valence-electron chi connectivity index (χ2n) is 7.25. The highest BCUT2D eigenvalue weighted by Crippen LogP contribution is 2.41. The largest absolute Gasteiger partial charge is 0.396 e. The van der Waals surface area contributed by atoms with Gasteiger partial charge in [0.15, 0.2) is 11.6 Å². The molecule has 0 aromatic heterocycles. The van der Waals surface area contributed by atoms with Crippen LogP contribution in [0.3, 0.4) is 0 Å². The van der Waals surface area contributed by atoms with Gasteiger partial charge < -0.3 is 26.0 Å². The molecule has 1 saturated heterocycles. The zero-order chi connectivity index (χ0) is 19.8. The van der Waals surface area contributed by atoms with Crippen molar-refractivity contribution in [2.24, 2.45) is 0 Å². The third-order valence-corrected chi connectivity index (χ3v) is 5.49. The molecule has 2 aromatic carbocycles. The van der Waals surface area contributed by atoms with Gasteiger partial charge in [-0.25, -0.2) is 0 Å². The molecule has 0 amide bonds. The Morgan fingerprint density at radius 2 is 1.64 bits per heavy atom. The summed E-state index contributed by atoms with van der Waals surface area (Å²) in [6, 6.07) is 8.67. The Morgan fingerprint density at radius 3 is 2.25 bits per heavy atom. The van der Waals surface area contributed by atoms with Crippen molar-refractivity contribution >= 4 is 28.6 Å². The number of anilines is 3. The lowest BCUT2D eigenvalue weighted by atomic mass is 9.81. The molecule has 1 heterocycles. The first kappa shape index (κ1) is 18.5. The number of aliphatic hydroxyl groups excluding tert-OH is 1. The lowest BCUT2D eigenvalue weighted by Gasteiger charge is -2.36. The number of nitrogens with zero attached hydrogens (tertiary/aromatic N) is 2. The van der Waals surface area contributed by atoms with Crippen molar-refractivity contribution in [1.29, 1.82) is 0 Å². The summed E-state index contributed by atoms with van der Waals surface area (Å²) in [5, 5.41) is 12.4. The van der Waals surface area contributed by atoms with Crippen molar-refractivity contribution in [2.45, 2.75) is 0 Å². The zero-order valence-corrected chi connectivity index (χ0v) is 15.9. The number of carbonyl (C=O) groups is 2. The minimum atomic E-state index is -0.231. The lowest BCUT2D eigenvalue weighted by molar-refractivity contribution is 0.0980. The first-order valence-electron chi connectivity index (χ1n) is 9.46. The molecule has 1 fully saturated rings. The number of aliphatic hydroxyl groups is 1. The van der Waals surface area contributed by atoms with Crippen LogP contribution in [0, 0.1) is 0 Å². The maximum absolute atomic E-state index is 13.3. The number of likely N-dealkylation sites (N-methyl/N-ethyl adjacent to an activating group) is 1. The molecule has 4 rings (SSSR count). The van der Waals surface area contributed by atoms with Crippen LogP contribution in [0.2, 0.25) is 0 Å². The van der Waals surface area contributed by atoms with E-state index in [1.807, 2.05) is 6.07 Å². The van der Waals surface area contributed by atoms with E-state index in [9.17, 15) is 14.7 Å². The number of piperazine rings is 1. The predicted octanol–water partition coefficient (Wildman–Crippen LogP) is 1.20. The van der Waals surface area contributed by atoms with E-state index < -0.39 is 0 Å². The van der Waals surface area contributed by atoms with Crippen LogP contribution in [-0.4, -0.2) is 68.0 Å². The van der Waals surface area contributed by atoms with Gasteiger partial charge in [-0.1, -0.05) is 24.3 Å². The molecule has 4 N–H and O–H groups in total. The molecule has 0 unspecified atom stereocenters. The number of nitrogen functional groups attached to an aromatic ring is 1. The molecule has 7 nitrogen and oxygen atoms in total. The van der Waals surface area contributed by atoms with Crippen LogP contribution in [0.15, 0.2) is 30.3 Å². The molecular weight excluding hydrogens is 356 g/mol. The Bertz CT molecular complexity index is 949. The minimum Gasteiger partial charge on any atom is -0.396 e. The fourth-order valence-electron chi connectivity index (χ4n) is 3.94. The number of benzene rings is 2. The summed E-state index contributed by atoms with van der Waals surface area (Å²) in [5.74, 6) is -0.451. The first-order valence-corrected chi connectivity index (χ1v) is 9.46. The highest BCUT2D eigenvalue weighted by molar-refractivity contribution is 6.32. The van der Waals surface area contributed by atoms with Gasteiger partial charge in [-0.05, 0) is 13.1 Å². The summed E-state index contributed by atoms with van der Waals surface area (Å²) in [6.07, 6.45) is 0. The van der Waals surface area contributed by atoms with Crippen molar-refractivity contribution in [1.82, 2.24) is 4.90 Å². The van der Waals surface area contributed by atoms with Crippen molar-refractivity contribution in [3.05, 3.63) is 52.6 Å². The topological polar surface area (TPSA) is 98.9 Å². The van der Waals surface area contributed by atoms with Gasteiger partial charge in [-0.2, -0.15) is 0 Å². The van der Waals surface area contributed by atoms with Gasteiger partial charge >= 0.3 is 0 Å². The summed E-state index contributed by atoms with van der Waals surface area (Å²) in [6.45, 7) is 3.57. The van der Waals surface area contributed by atoms with Gasteiger partial charge in [0.1, 0.15) is 0 Å². The van der Waals surface area contributed by atoms with Crippen molar-refractivity contribution in [2.75, 3.05) is 62.3 Å². The van der Waals surface area contributed by atoms with Gasteiger partial charge in [-0.3, -0.25) is 9.59 Å². The van der Waals surface area contributed by atoms with Gasteiger partial charge in [0.2, 0.25) is 0 Å². The molecule has 0 saturated carbocycles. The molecule has 0 spiro atoms. The second kappa shape index (κ2) is 7.26. The summed E-state index contributed by atoms with van der Waals surface area (Å²) < 4.78 is 0. The average molecular weight is 380 g/mol. The van der Waals surface area contributed by atoms with Gasteiger partial charge in [0.05, 0.1) is 29.1 Å². The molecule has 7 heteroatoms. The Morgan fingerprint density at radius 1 is 1.04 bits per heavy atom. The quantitative estimate of drug-likeness (QED) is 0.585. The summed E-state index contributed by atoms with van der Waals surface area (Å²) in [5.41, 5.74) is 9.45. The minimum absolute atomic E-state index is 0.0816. The molecule has 0 atom stereocenters. The number of fused-ring (bicyclic) bond motifs is 2. The molecule has 146 valence electrons. The van der Waals surface area contributed by atoms with Crippen LogP contribution in [-0.2, 0) is 0 Å². The van der Waals surface area contributed by atoms with Crippen LogP contribution in [0.1, 0.15) is 31.8 Å². The van der Waals surface area contributed by atoms with Crippen molar-refractivity contribution in [3.63, 3.8) is 0 Å². The third kappa shape index (κ3) is 2.93. The molecule has 28 heavy (non-hydrogen) atoms. The molecule has 2 aromatic rings. The lowest BCUT2D eigenvalue weighted by Crippen LogP contribution is -2.45. The average Bonchev–Trinajstić information content (AvgIpc) is 2.71. The highest BCUT2D eigenvalue weighted by Gasteiger charge is 2.35. The number of nitrogens with two attached hydrogens (primary N) is 1. The van der Waals surface area contributed by atoms with Gasteiger partial charge in [-0.15, -0.1) is 0 Å². The Balaban J connectivity index is 1.89. The molecule has 2 aliphatic rings. The van der Waals surface area contributed by atoms with Crippen LogP contribution >= 0.6 is 0 Å². The van der Waals surface area contributed by atoms with Gasteiger partial charge in [0.25, 0.3) is 0 Å². The number of ketones is 2. The van der Waals surface area contributed by atoms with E-state index >= 15 is 0 Å². The molecule has 0 bridgehead atoms. The SMILES string of the molecule is CN1CCN(c2cc(NCCO)c3c(c2N)C(=O)c2ccccc2C3=O)CC1. The van der Waals surface area contributed by atoms with E-state index in [1.165, 1.54) is 0 Å². The third-order valence-electron chi connectivity index (χ3n) is 5.49. The number of rotatable bonds is 4. The van der Waals surface area contributed by atoms with Crippen LogP contribution in [0.4, 0.5) is 17.1 Å². The second-order valence-corrected chi connectivity index (χ2v) is 7.25. The number of carbonyl (C=O) groups excluding carboxylic acids is 2. The zero-order valence-electron chi connectivity index (χ0n) is 15.9. The number of hydrogen-bond acceptors (Lipinski definition) is 7. The van der Waals surface area contributed by atoms with Gasteiger partial charge in [0, 0.05) is 49.5 Å². The number of hydrogen-bond donors (Lipinski definition) is 3. The Hall–Kier alpha value is -2.90. The monoisotopic (exact) mass is 380 g/mol. The predicted molar refractivity (Wildman–Crippen MR) is 109 cm³/mol. The Kier molecular flexibility index (Phi) is 4.78. The maximum atomic E-state index is 13.3. The van der Waals surface area contributed by atoms with E-state index in [-0.39, 0.29) is 30.3 Å². The summed E-state index contributed by atoms with van der Waals surface area (Å²) >= 11 is 0. The number of nitrogens with one attached hydrogen (secondary N) is 1. The fourth-order valence-corrected chi connectivity index (χ4v) is 3.94. The first-order chi connectivity index (χ1) is 13.5. The van der Waals surface area contributed by atoms with Crippen molar-refractivity contribution in [3.8, 4) is 0 Å². The van der Waals surface area contributed by atoms with Crippen LogP contribution in [0.25, 0.3) is 0 Å². The van der Waals surface area contributed by atoms with E-state index in [0.29, 0.717) is 28.1 Å². The normalized spacial score (nSPS) is 16.7. The standard InChI is InChI=1S/C21H24N4O3/c1-24-7-9-25(10-8-24)16-12-15(23-6-11-26)17-18(19(16)22)21(28)14-5-3-2-4-13(14)20(17)27/h2-5,12,23,26H,6-11,22H2,1H3. The summed E-state index contributed by atoms with van der Waals surface area (Å²) in [7, 11) is 2.07. The summed E-state index contributed by atoms with van der Waals surface area (Å²) in [4.78, 5) is 30.8. The molecule has 1 aliphatic heterocycles. The maximum Gasteiger partial charge on any atom is 0.196 e.